The molecule has 3 atom stereocenters. The molecule has 2 aromatic rings. The topological polar surface area (TPSA) is 17.1 Å². The Hall–Kier alpha value is -1.89. The first-order chi connectivity index (χ1) is 11.9. The summed E-state index contributed by atoms with van der Waals surface area (Å²) in [5.74, 6) is 1.70. The maximum absolute atomic E-state index is 12.8. The fraction of sp³-hybridized carbons (Fsp3) is 0.458. The Labute approximate surface area is 150 Å². The highest BCUT2D eigenvalue weighted by molar-refractivity contribution is 6.04. The molecule has 1 saturated carbocycles. The van der Waals surface area contributed by atoms with Gasteiger partial charge in [-0.25, -0.2) is 0 Å². The van der Waals surface area contributed by atoms with Gasteiger partial charge in [-0.1, -0.05) is 51.1 Å². The standard InChI is InChI=1S/C24H26O/c1-23(2,3)20-6-4-5-16-12-21-19(13-18(16)20)22(25)9-10-24(21)14-15-7-8-17(24)11-15/h4-8,12-13,15,17H,9-11,14H2,1-3H3. The molecule has 0 radical (unpaired) electrons. The van der Waals surface area contributed by atoms with E-state index in [1.165, 1.54) is 34.7 Å². The molecule has 0 aromatic heterocycles. The van der Waals surface area contributed by atoms with E-state index in [9.17, 15) is 4.79 Å². The van der Waals surface area contributed by atoms with E-state index in [4.69, 9.17) is 0 Å². The molecule has 0 heterocycles. The van der Waals surface area contributed by atoms with Crippen LogP contribution >= 0.6 is 0 Å². The van der Waals surface area contributed by atoms with Gasteiger partial charge in [-0.15, -0.1) is 0 Å². The van der Waals surface area contributed by atoms with Gasteiger partial charge in [0.1, 0.15) is 0 Å². The summed E-state index contributed by atoms with van der Waals surface area (Å²) in [6, 6.07) is 11.2. The summed E-state index contributed by atoms with van der Waals surface area (Å²) in [6.07, 6.45) is 9.11. The van der Waals surface area contributed by atoms with Crippen LogP contribution in [0, 0.1) is 11.8 Å². The van der Waals surface area contributed by atoms with Gasteiger partial charge in [0.2, 0.25) is 0 Å². The van der Waals surface area contributed by atoms with Crippen molar-refractivity contribution >= 4 is 16.6 Å². The number of carbonyl (C=O) groups is 1. The highest BCUT2D eigenvalue weighted by Gasteiger charge is 2.52. The first kappa shape index (κ1) is 15.4. The van der Waals surface area contributed by atoms with Crippen molar-refractivity contribution in [2.45, 2.75) is 57.3 Å². The van der Waals surface area contributed by atoms with E-state index in [0.29, 0.717) is 18.1 Å². The summed E-state index contributed by atoms with van der Waals surface area (Å²) < 4.78 is 0. The Morgan fingerprint density at radius 1 is 1.12 bits per heavy atom. The Balaban J connectivity index is 1.79. The maximum atomic E-state index is 12.8. The second kappa shape index (κ2) is 4.84. The quantitative estimate of drug-likeness (QED) is 0.546. The third kappa shape index (κ3) is 2.05. The molecular weight excluding hydrogens is 304 g/mol. The van der Waals surface area contributed by atoms with E-state index in [1.807, 2.05) is 0 Å². The number of rotatable bonds is 0. The van der Waals surface area contributed by atoms with Gasteiger partial charge >= 0.3 is 0 Å². The minimum Gasteiger partial charge on any atom is -0.294 e. The zero-order valence-electron chi connectivity index (χ0n) is 15.4. The third-order valence-corrected chi connectivity index (χ3v) is 6.97. The van der Waals surface area contributed by atoms with Gasteiger partial charge in [-0.2, -0.15) is 0 Å². The lowest BCUT2D eigenvalue weighted by molar-refractivity contribution is 0.0944. The Morgan fingerprint density at radius 2 is 1.96 bits per heavy atom. The van der Waals surface area contributed by atoms with Crippen LogP contribution in [0.5, 0.6) is 0 Å². The van der Waals surface area contributed by atoms with E-state index in [2.05, 4.69) is 63.3 Å². The predicted octanol–water partition coefficient (Wildman–Crippen LogP) is 5.95. The van der Waals surface area contributed by atoms with Crippen molar-refractivity contribution in [2.24, 2.45) is 11.8 Å². The molecule has 3 aliphatic carbocycles. The summed E-state index contributed by atoms with van der Waals surface area (Å²) in [4.78, 5) is 12.8. The van der Waals surface area contributed by atoms with Gasteiger partial charge in [0.05, 0.1) is 0 Å². The van der Waals surface area contributed by atoms with Crippen molar-refractivity contribution in [1.82, 2.24) is 0 Å². The maximum Gasteiger partial charge on any atom is 0.163 e. The minimum atomic E-state index is 0.0817. The van der Waals surface area contributed by atoms with Crippen LogP contribution in [0.4, 0.5) is 0 Å². The third-order valence-electron chi connectivity index (χ3n) is 6.97. The number of benzene rings is 2. The van der Waals surface area contributed by atoms with E-state index in [0.717, 1.165) is 17.9 Å². The predicted molar refractivity (Wildman–Crippen MR) is 103 cm³/mol. The molecule has 128 valence electrons. The molecule has 5 rings (SSSR count). The fourth-order valence-electron chi connectivity index (χ4n) is 5.78. The SMILES string of the molecule is CC(C)(C)c1cccc2cc3c(cc12)C(=O)CCC31CC2C=CC1C2. The van der Waals surface area contributed by atoms with Gasteiger partial charge in [0.15, 0.2) is 5.78 Å². The smallest absolute Gasteiger partial charge is 0.163 e. The first-order valence-corrected chi connectivity index (χ1v) is 9.68. The van der Waals surface area contributed by atoms with Crippen molar-refractivity contribution < 1.29 is 4.79 Å². The molecule has 0 aliphatic heterocycles. The van der Waals surface area contributed by atoms with Crippen LogP contribution in [-0.2, 0) is 10.8 Å². The molecule has 1 fully saturated rings. The molecule has 0 N–H and O–H groups in total. The second-order valence-corrected chi connectivity index (χ2v) is 9.45. The van der Waals surface area contributed by atoms with Crippen molar-refractivity contribution in [2.75, 3.05) is 0 Å². The highest BCUT2D eigenvalue weighted by Crippen LogP contribution is 2.58. The number of carbonyl (C=O) groups excluding carboxylic acids is 1. The van der Waals surface area contributed by atoms with Gasteiger partial charge in [0.25, 0.3) is 0 Å². The van der Waals surface area contributed by atoms with Crippen LogP contribution in [0.3, 0.4) is 0 Å². The average Bonchev–Trinajstić information content (AvgIpc) is 3.17. The highest BCUT2D eigenvalue weighted by atomic mass is 16.1. The van der Waals surface area contributed by atoms with E-state index in [-0.39, 0.29) is 10.8 Å². The lowest BCUT2D eigenvalue weighted by Crippen LogP contribution is -2.37. The number of hydrogen-bond acceptors (Lipinski definition) is 1. The van der Waals surface area contributed by atoms with Gasteiger partial charge in [-0.3, -0.25) is 4.79 Å². The average molecular weight is 330 g/mol. The first-order valence-electron chi connectivity index (χ1n) is 9.68. The molecule has 0 amide bonds. The Bertz CT molecular complexity index is 927. The molecule has 25 heavy (non-hydrogen) atoms. The number of Topliss-reactive ketones (excluding diaryl/α,β-unsaturated/α-hetero) is 1. The number of allylic oxidation sites excluding steroid dienone is 2. The summed E-state index contributed by atoms with van der Waals surface area (Å²) in [5, 5.41) is 2.56. The van der Waals surface area contributed by atoms with Gasteiger partial charge < -0.3 is 0 Å². The number of fused-ring (bicyclic) bond motifs is 6. The van der Waals surface area contributed by atoms with E-state index in [1.54, 1.807) is 0 Å². The van der Waals surface area contributed by atoms with Crippen LogP contribution < -0.4 is 0 Å². The Kier molecular flexibility index (Phi) is 2.98. The largest absolute Gasteiger partial charge is 0.294 e. The van der Waals surface area contributed by atoms with Crippen molar-refractivity contribution in [1.29, 1.82) is 0 Å². The molecule has 0 saturated heterocycles. The van der Waals surface area contributed by atoms with Gasteiger partial charge in [-0.05, 0) is 70.5 Å². The van der Waals surface area contributed by atoms with E-state index >= 15 is 0 Å². The molecule has 1 heteroatoms. The van der Waals surface area contributed by atoms with Crippen molar-refractivity contribution in [3.05, 3.63) is 59.2 Å². The number of hydrogen-bond donors (Lipinski definition) is 0. The van der Waals surface area contributed by atoms with Crippen molar-refractivity contribution in [3.8, 4) is 0 Å². The summed E-state index contributed by atoms with van der Waals surface area (Å²) in [6.45, 7) is 6.77. The molecule has 2 bridgehead atoms. The second-order valence-electron chi connectivity index (χ2n) is 9.45. The minimum absolute atomic E-state index is 0.0817. The van der Waals surface area contributed by atoms with E-state index < -0.39 is 0 Å². The number of ketones is 1. The molecule has 3 unspecified atom stereocenters. The fourth-order valence-corrected chi connectivity index (χ4v) is 5.78. The zero-order valence-corrected chi connectivity index (χ0v) is 15.4. The van der Waals surface area contributed by atoms with Crippen LogP contribution in [0.25, 0.3) is 10.8 Å². The normalized spacial score (nSPS) is 30.4. The molecule has 1 spiro atoms. The van der Waals surface area contributed by atoms with Crippen LogP contribution in [0.2, 0.25) is 0 Å². The lowest BCUT2D eigenvalue weighted by Gasteiger charge is -2.41. The zero-order chi connectivity index (χ0) is 17.4. The summed E-state index contributed by atoms with van der Waals surface area (Å²) >= 11 is 0. The van der Waals surface area contributed by atoms with Crippen molar-refractivity contribution in [3.63, 3.8) is 0 Å². The van der Waals surface area contributed by atoms with Crippen LogP contribution in [0.15, 0.2) is 42.5 Å². The van der Waals surface area contributed by atoms with Crippen LogP contribution in [-0.4, -0.2) is 5.78 Å². The summed E-state index contributed by atoms with van der Waals surface area (Å²) in [5.41, 5.74) is 4.00. The Morgan fingerprint density at radius 3 is 2.64 bits per heavy atom. The lowest BCUT2D eigenvalue weighted by atomic mass is 9.62. The molecule has 2 aromatic carbocycles. The molecule has 3 aliphatic rings. The molecule has 1 nitrogen and oxygen atoms in total. The molecular formula is C24H26O. The monoisotopic (exact) mass is 330 g/mol. The van der Waals surface area contributed by atoms with Gasteiger partial charge in [0, 0.05) is 17.4 Å². The summed E-state index contributed by atoms with van der Waals surface area (Å²) in [7, 11) is 0. The van der Waals surface area contributed by atoms with Crippen LogP contribution in [0.1, 0.15) is 67.9 Å².